The van der Waals surface area contributed by atoms with Crippen LogP contribution in [0.1, 0.15) is 11.6 Å². The summed E-state index contributed by atoms with van der Waals surface area (Å²) in [6.45, 7) is 0. The smallest absolute Gasteiger partial charge is 0.325 e. The van der Waals surface area contributed by atoms with Gasteiger partial charge in [-0.15, -0.1) is 0 Å². The van der Waals surface area contributed by atoms with Gasteiger partial charge in [0.05, 0.1) is 6.20 Å². The lowest BCUT2D eigenvalue weighted by Gasteiger charge is -2.06. The minimum Gasteiger partial charge on any atom is -0.480 e. The first-order chi connectivity index (χ1) is 7.09. The van der Waals surface area contributed by atoms with E-state index in [9.17, 15) is 4.79 Å². The third-order valence-corrected chi connectivity index (χ3v) is 2.55. The van der Waals surface area contributed by atoms with Crippen LogP contribution < -0.4 is 5.73 Å². The number of hydrogen-bond acceptors (Lipinski definition) is 4. The Morgan fingerprint density at radius 3 is 2.87 bits per heavy atom. The highest BCUT2D eigenvalue weighted by molar-refractivity contribution is 9.10. The van der Waals surface area contributed by atoms with Crippen molar-refractivity contribution in [2.24, 2.45) is 5.73 Å². The molecular weight excluding hydrogens is 264 g/mol. The van der Waals surface area contributed by atoms with Crippen molar-refractivity contribution < 1.29 is 9.90 Å². The molecule has 78 valence electrons. The van der Waals surface area contributed by atoms with Crippen molar-refractivity contribution in [2.45, 2.75) is 6.04 Å². The Bertz CT molecular complexity index is 524. The number of halogens is 1. The summed E-state index contributed by atoms with van der Waals surface area (Å²) in [5.41, 5.74) is 5.88. The van der Waals surface area contributed by atoms with Crippen molar-refractivity contribution in [3.63, 3.8) is 0 Å². The van der Waals surface area contributed by atoms with Crippen LogP contribution in [0.5, 0.6) is 0 Å². The van der Waals surface area contributed by atoms with Gasteiger partial charge in [-0.2, -0.15) is 0 Å². The number of carboxylic acid groups (broad SMARTS) is 1. The quantitative estimate of drug-likeness (QED) is 0.833. The van der Waals surface area contributed by atoms with E-state index in [0.29, 0.717) is 15.9 Å². The summed E-state index contributed by atoms with van der Waals surface area (Å²) in [7, 11) is 0. The van der Waals surface area contributed by atoms with Crippen LogP contribution in [-0.4, -0.2) is 25.4 Å². The van der Waals surface area contributed by atoms with Crippen molar-refractivity contribution in [2.75, 3.05) is 0 Å². The number of fused-ring (bicyclic) bond motifs is 1. The van der Waals surface area contributed by atoms with E-state index in [-0.39, 0.29) is 0 Å². The minimum atomic E-state index is -1.09. The Labute approximate surface area is 92.9 Å². The number of nitrogens with zero attached hydrogens (tertiary/aromatic N) is 3. The summed E-state index contributed by atoms with van der Waals surface area (Å²) < 4.78 is 2.32. The van der Waals surface area contributed by atoms with Gasteiger partial charge in [-0.1, -0.05) is 0 Å². The number of aliphatic carboxylic acids is 1. The molecule has 0 bridgehead atoms. The summed E-state index contributed by atoms with van der Waals surface area (Å²) in [5, 5.41) is 8.74. The second-order valence-electron chi connectivity index (χ2n) is 2.95. The van der Waals surface area contributed by atoms with E-state index in [1.165, 1.54) is 6.20 Å². The van der Waals surface area contributed by atoms with Crippen LogP contribution in [0.3, 0.4) is 0 Å². The van der Waals surface area contributed by atoms with E-state index in [1.807, 2.05) is 0 Å². The normalized spacial score (nSPS) is 12.9. The van der Waals surface area contributed by atoms with Gasteiger partial charge in [-0.3, -0.25) is 9.20 Å². The molecule has 0 radical (unpaired) electrons. The first-order valence-electron chi connectivity index (χ1n) is 4.06. The number of imidazole rings is 1. The molecule has 0 spiro atoms. The zero-order valence-corrected chi connectivity index (χ0v) is 9.05. The van der Waals surface area contributed by atoms with E-state index in [4.69, 9.17) is 10.8 Å². The van der Waals surface area contributed by atoms with Gasteiger partial charge in [0.25, 0.3) is 0 Å². The molecule has 2 rings (SSSR count). The molecule has 0 fully saturated rings. The molecule has 15 heavy (non-hydrogen) atoms. The maximum atomic E-state index is 10.7. The van der Waals surface area contributed by atoms with Gasteiger partial charge in [-0.25, -0.2) is 9.97 Å². The highest BCUT2D eigenvalue weighted by Crippen LogP contribution is 2.15. The highest BCUT2D eigenvalue weighted by atomic mass is 79.9. The molecule has 1 unspecified atom stereocenters. The number of rotatable bonds is 2. The molecule has 0 aliphatic carbocycles. The number of nitrogens with two attached hydrogens (primary N) is 1. The molecule has 2 aromatic heterocycles. The predicted molar refractivity (Wildman–Crippen MR) is 55.3 cm³/mol. The van der Waals surface area contributed by atoms with E-state index >= 15 is 0 Å². The molecule has 6 nitrogen and oxygen atoms in total. The van der Waals surface area contributed by atoms with Gasteiger partial charge in [0.1, 0.15) is 10.6 Å². The second-order valence-corrected chi connectivity index (χ2v) is 3.77. The van der Waals surface area contributed by atoms with Crippen LogP contribution in [0.25, 0.3) is 5.78 Å². The Kier molecular flexibility index (Phi) is 2.41. The standard InChI is InChI=1S/C8H7BrN4O2/c9-5-2-12-8-11-1-4(3-13(5)8)6(10)7(14)15/h1-3,6H,10H2,(H,14,15). The van der Waals surface area contributed by atoms with Crippen molar-refractivity contribution >= 4 is 27.7 Å². The summed E-state index contributed by atoms with van der Waals surface area (Å²) in [4.78, 5) is 18.6. The average molecular weight is 271 g/mol. The van der Waals surface area contributed by atoms with Crippen LogP contribution in [0, 0.1) is 0 Å². The van der Waals surface area contributed by atoms with Gasteiger partial charge in [0.15, 0.2) is 0 Å². The van der Waals surface area contributed by atoms with Gasteiger partial charge < -0.3 is 10.8 Å². The third kappa shape index (κ3) is 1.71. The van der Waals surface area contributed by atoms with E-state index in [0.717, 1.165) is 0 Å². The van der Waals surface area contributed by atoms with E-state index in [2.05, 4.69) is 25.9 Å². The molecule has 7 heteroatoms. The van der Waals surface area contributed by atoms with Gasteiger partial charge >= 0.3 is 5.97 Å². The van der Waals surface area contributed by atoms with Crippen molar-refractivity contribution in [3.8, 4) is 0 Å². The van der Waals surface area contributed by atoms with Crippen molar-refractivity contribution in [3.05, 3.63) is 28.8 Å². The van der Waals surface area contributed by atoms with Crippen molar-refractivity contribution in [1.29, 1.82) is 0 Å². The van der Waals surface area contributed by atoms with Crippen LogP contribution in [0.15, 0.2) is 23.2 Å². The zero-order chi connectivity index (χ0) is 11.0. The third-order valence-electron chi connectivity index (χ3n) is 1.96. The Hall–Kier alpha value is -1.47. The summed E-state index contributed by atoms with van der Waals surface area (Å²) in [6.07, 6.45) is 4.59. The highest BCUT2D eigenvalue weighted by Gasteiger charge is 2.15. The number of carboxylic acids is 1. The lowest BCUT2D eigenvalue weighted by atomic mass is 10.2. The minimum absolute atomic E-state index is 0.425. The fourth-order valence-electron chi connectivity index (χ4n) is 1.16. The lowest BCUT2D eigenvalue weighted by molar-refractivity contribution is -0.138. The van der Waals surface area contributed by atoms with Crippen LogP contribution in [-0.2, 0) is 4.79 Å². The lowest BCUT2D eigenvalue weighted by Crippen LogP contribution is -2.21. The van der Waals surface area contributed by atoms with Crippen LogP contribution in [0.2, 0.25) is 0 Å². The molecule has 0 saturated carbocycles. The molecule has 2 heterocycles. The monoisotopic (exact) mass is 270 g/mol. The van der Waals surface area contributed by atoms with Crippen LogP contribution in [0.4, 0.5) is 0 Å². The fourth-order valence-corrected chi connectivity index (χ4v) is 1.53. The second kappa shape index (κ2) is 3.59. The Morgan fingerprint density at radius 1 is 1.53 bits per heavy atom. The Morgan fingerprint density at radius 2 is 2.20 bits per heavy atom. The molecule has 0 amide bonds. The van der Waals surface area contributed by atoms with Crippen LogP contribution >= 0.6 is 15.9 Å². The zero-order valence-electron chi connectivity index (χ0n) is 7.46. The molecule has 0 saturated heterocycles. The van der Waals surface area contributed by atoms with Gasteiger partial charge in [0.2, 0.25) is 5.78 Å². The largest absolute Gasteiger partial charge is 0.480 e. The predicted octanol–water partition coefficient (Wildman–Crippen LogP) is 0.576. The van der Waals surface area contributed by atoms with E-state index in [1.54, 1.807) is 16.8 Å². The molecule has 1 atom stereocenters. The SMILES string of the molecule is NC(C(=O)O)c1cnc2ncc(Br)n2c1. The molecule has 0 aliphatic rings. The van der Waals surface area contributed by atoms with Crippen molar-refractivity contribution in [1.82, 2.24) is 14.4 Å². The summed E-state index contributed by atoms with van der Waals surface area (Å²) in [6, 6.07) is -1.07. The van der Waals surface area contributed by atoms with E-state index < -0.39 is 12.0 Å². The fraction of sp³-hybridized carbons (Fsp3) is 0.125. The molecule has 0 aliphatic heterocycles. The summed E-state index contributed by atoms with van der Waals surface area (Å²) >= 11 is 3.26. The Balaban J connectivity index is 2.54. The first kappa shape index (κ1) is 10.1. The molecule has 0 aromatic carbocycles. The summed E-state index contributed by atoms with van der Waals surface area (Å²) in [5.74, 6) is -0.601. The topological polar surface area (TPSA) is 93.5 Å². The molecule has 2 aromatic rings. The van der Waals surface area contributed by atoms with Gasteiger partial charge in [-0.05, 0) is 15.9 Å². The number of hydrogen-bond donors (Lipinski definition) is 2. The number of carbonyl (C=O) groups is 1. The maximum Gasteiger partial charge on any atom is 0.325 e. The molecular formula is C8H7BrN4O2. The maximum absolute atomic E-state index is 10.7. The average Bonchev–Trinajstić information content (AvgIpc) is 2.59. The number of aromatic nitrogens is 3. The van der Waals surface area contributed by atoms with Gasteiger partial charge in [0, 0.05) is 18.0 Å². The first-order valence-corrected chi connectivity index (χ1v) is 4.86. The molecule has 3 N–H and O–H groups in total.